The maximum atomic E-state index is 10.7. The third-order valence-electron chi connectivity index (χ3n) is 1.47. The Bertz CT molecular complexity index is 140. The van der Waals surface area contributed by atoms with E-state index in [1.54, 1.807) is 6.92 Å². The van der Waals surface area contributed by atoms with E-state index in [4.69, 9.17) is 0 Å². The van der Waals surface area contributed by atoms with Gasteiger partial charge in [0.15, 0.2) is 0 Å². The number of nitrogens with zero attached hydrogens (tertiary/aromatic N) is 3. The highest BCUT2D eigenvalue weighted by molar-refractivity contribution is 4.46. The molecule has 0 aromatic rings. The molecule has 0 aliphatic heterocycles. The van der Waals surface area contributed by atoms with Crippen LogP contribution in [-0.4, -0.2) is 36.2 Å². The van der Waals surface area contributed by atoms with Crippen LogP contribution in [0, 0.1) is 10.4 Å². The molecule has 0 aliphatic rings. The third-order valence-corrected chi connectivity index (χ3v) is 1.47. The summed E-state index contributed by atoms with van der Waals surface area (Å²) in [5.74, 6) is 0. The zero-order valence-corrected chi connectivity index (χ0v) is 7.49. The molecule has 0 bridgehead atoms. The van der Waals surface area contributed by atoms with Gasteiger partial charge in [-0.05, 0) is 18.7 Å². The minimum Gasteiger partial charge on any atom is -0.737 e. The summed E-state index contributed by atoms with van der Waals surface area (Å²) in [4.78, 5) is 0.0807. The molecule has 0 fully saturated rings. The smallest absolute Gasteiger partial charge is 0.0892 e. The van der Waals surface area contributed by atoms with Crippen LogP contribution in [0.1, 0.15) is 13.8 Å². The lowest BCUT2D eigenvalue weighted by Crippen LogP contribution is -2.36. The summed E-state index contributed by atoms with van der Waals surface area (Å²) in [5, 5.41) is 27.1. The van der Waals surface area contributed by atoms with E-state index in [2.05, 4.69) is 10.6 Å². The predicted molar refractivity (Wildman–Crippen MR) is 45.2 cm³/mol. The van der Waals surface area contributed by atoms with Gasteiger partial charge in [-0.15, -0.1) is 5.01 Å². The molecule has 72 valence electrons. The van der Waals surface area contributed by atoms with Gasteiger partial charge >= 0.3 is 0 Å². The molecule has 0 aromatic carbocycles. The van der Waals surface area contributed by atoms with Gasteiger partial charge in [0, 0.05) is 11.5 Å². The monoisotopic (exact) mass is 175 g/mol. The zero-order chi connectivity index (χ0) is 9.40. The van der Waals surface area contributed by atoms with Crippen LogP contribution in [0.15, 0.2) is 5.28 Å². The summed E-state index contributed by atoms with van der Waals surface area (Å²) in [5.41, 5.74) is 0. The van der Waals surface area contributed by atoms with Crippen molar-refractivity contribution in [3.8, 4) is 0 Å². The molecule has 6 nitrogen and oxygen atoms in total. The van der Waals surface area contributed by atoms with Gasteiger partial charge in [0.2, 0.25) is 0 Å². The second kappa shape index (κ2) is 6.66. The molecule has 0 saturated carbocycles. The van der Waals surface area contributed by atoms with Gasteiger partial charge in [-0.3, -0.25) is 0 Å². The molecule has 6 heteroatoms. The molecule has 0 aliphatic carbocycles. The second-order valence-electron chi connectivity index (χ2n) is 2.23. The highest BCUT2D eigenvalue weighted by atomic mass is 16.6. The average molecular weight is 175 g/mol. The first kappa shape index (κ1) is 11.0. The summed E-state index contributed by atoms with van der Waals surface area (Å²) in [7, 11) is 0. The van der Waals surface area contributed by atoms with E-state index in [-0.39, 0.29) is 4.97 Å². The van der Waals surface area contributed by atoms with Crippen molar-refractivity contribution in [3.63, 3.8) is 0 Å². The first-order chi connectivity index (χ1) is 5.76. The first-order valence-electron chi connectivity index (χ1n) is 4.02. The summed E-state index contributed by atoms with van der Waals surface area (Å²) >= 11 is 0. The van der Waals surface area contributed by atoms with Crippen LogP contribution in [0.25, 0.3) is 0 Å². The van der Waals surface area contributed by atoms with Crippen LogP contribution in [0.3, 0.4) is 0 Å². The number of nitrogens with one attached hydrogen (secondary N) is 1. The van der Waals surface area contributed by atoms with E-state index in [0.29, 0.717) is 19.6 Å². The van der Waals surface area contributed by atoms with Gasteiger partial charge in [0.05, 0.1) is 13.1 Å². The fourth-order valence-corrected chi connectivity index (χ4v) is 0.801. The van der Waals surface area contributed by atoms with Crippen molar-refractivity contribution in [1.82, 2.24) is 10.3 Å². The summed E-state index contributed by atoms with van der Waals surface area (Å²) in [6, 6.07) is 0. The van der Waals surface area contributed by atoms with Crippen LogP contribution >= 0.6 is 0 Å². The number of likely N-dealkylation sites (N-methyl/N-ethyl adjacent to an activating group) is 2. The quantitative estimate of drug-likeness (QED) is 0.272. The SMILES string of the molecule is CCNCCN(CC)/[N+]([O-])=N/[O-]. The third kappa shape index (κ3) is 3.97. The van der Waals surface area contributed by atoms with Crippen molar-refractivity contribution in [1.29, 1.82) is 0 Å². The van der Waals surface area contributed by atoms with Gasteiger partial charge in [-0.1, -0.05) is 6.92 Å². The Kier molecular flexibility index (Phi) is 6.08. The van der Waals surface area contributed by atoms with Crippen LogP contribution in [0.5, 0.6) is 0 Å². The Hall–Kier alpha value is -1.04. The molecule has 0 atom stereocenters. The fourth-order valence-electron chi connectivity index (χ4n) is 0.801. The summed E-state index contributed by atoms with van der Waals surface area (Å²) < 4.78 is 0. The minimum absolute atomic E-state index is 0.0807. The van der Waals surface area contributed by atoms with E-state index in [9.17, 15) is 10.4 Å². The predicted octanol–water partition coefficient (Wildman–Crippen LogP) is 0.293. The topological polar surface area (TPSA) is 76.8 Å². The number of hydrogen-bond acceptors (Lipinski definition) is 4. The number of hydrogen-bond donors (Lipinski definition) is 1. The Balaban J connectivity index is 3.68. The largest absolute Gasteiger partial charge is 0.737 e. The molecule has 0 aromatic heterocycles. The molecule has 1 N–H and O–H groups in total. The van der Waals surface area contributed by atoms with Crippen LogP contribution in [0.2, 0.25) is 0 Å². The molecule has 0 heterocycles. The van der Waals surface area contributed by atoms with Gasteiger partial charge in [0.1, 0.15) is 0 Å². The Morgan fingerprint density at radius 3 is 2.58 bits per heavy atom. The van der Waals surface area contributed by atoms with Gasteiger partial charge in [-0.25, -0.2) is 0 Å². The van der Waals surface area contributed by atoms with Crippen LogP contribution in [-0.2, 0) is 0 Å². The second-order valence-corrected chi connectivity index (χ2v) is 2.23. The molecular weight excluding hydrogens is 160 g/mol. The Morgan fingerprint density at radius 2 is 2.17 bits per heavy atom. The van der Waals surface area contributed by atoms with Crippen molar-refractivity contribution in [2.75, 3.05) is 26.2 Å². The van der Waals surface area contributed by atoms with E-state index in [1.165, 1.54) is 5.01 Å². The van der Waals surface area contributed by atoms with Crippen molar-refractivity contribution in [2.24, 2.45) is 5.28 Å². The lowest BCUT2D eigenvalue weighted by Gasteiger charge is -2.17. The standard InChI is InChI=1S/C6H16N4O2/c1-3-7-5-6-9(4-2)10(12)8-11/h7,11H,3-6H2,1-2H3/p-1/b10-8-. The molecule has 0 radical (unpaired) electrons. The van der Waals surface area contributed by atoms with Crippen molar-refractivity contribution in [2.45, 2.75) is 13.8 Å². The molecule has 0 saturated heterocycles. The maximum Gasteiger partial charge on any atom is 0.0892 e. The molecule has 0 rings (SSSR count). The van der Waals surface area contributed by atoms with Crippen molar-refractivity contribution >= 4 is 0 Å². The lowest BCUT2D eigenvalue weighted by atomic mass is 10.5. The summed E-state index contributed by atoms with van der Waals surface area (Å²) in [6.45, 7) is 6.29. The molecule has 0 spiro atoms. The van der Waals surface area contributed by atoms with Crippen molar-refractivity contribution < 1.29 is 4.97 Å². The Labute approximate surface area is 72.0 Å². The highest BCUT2D eigenvalue weighted by Gasteiger charge is 2.06. The highest BCUT2D eigenvalue weighted by Crippen LogP contribution is 1.87. The van der Waals surface area contributed by atoms with Crippen LogP contribution < -0.4 is 5.32 Å². The molecule has 0 amide bonds. The number of rotatable bonds is 6. The number of hydrazine groups is 1. The average Bonchev–Trinajstić information content (AvgIpc) is 2.11. The Morgan fingerprint density at radius 1 is 1.50 bits per heavy atom. The van der Waals surface area contributed by atoms with Crippen molar-refractivity contribution in [3.05, 3.63) is 10.4 Å². The lowest BCUT2D eigenvalue weighted by molar-refractivity contribution is -0.689. The van der Waals surface area contributed by atoms with Gasteiger partial charge < -0.3 is 15.7 Å². The molecular formula is C6H15N4O2-. The maximum absolute atomic E-state index is 10.7. The van der Waals surface area contributed by atoms with Gasteiger partial charge in [-0.2, -0.15) is 0 Å². The first-order valence-corrected chi connectivity index (χ1v) is 4.02. The van der Waals surface area contributed by atoms with Gasteiger partial charge in [0.25, 0.3) is 0 Å². The van der Waals surface area contributed by atoms with E-state index >= 15 is 0 Å². The fraction of sp³-hybridized carbons (Fsp3) is 1.00. The normalized spacial score (nSPS) is 11.7. The molecule has 12 heavy (non-hydrogen) atoms. The zero-order valence-electron chi connectivity index (χ0n) is 7.49. The van der Waals surface area contributed by atoms with E-state index < -0.39 is 0 Å². The minimum atomic E-state index is 0.0807. The van der Waals surface area contributed by atoms with E-state index in [1.807, 2.05) is 6.92 Å². The summed E-state index contributed by atoms with van der Waals surface area (Å²) in [6.07, 6.45) is 0. The molecule has 0 unspecified atom stereocenters. The van der Waals surface area contributed by atoms with Crippen LogP contribution in [0.4, 0.5) is 0 Å². The van der Waals surface area contributed by atoms with E-state index in [0.717, 1.165) is 6.54 Å².